The van der Waals surface area contributed by atoms with Crippen molar-refractivity contribution in [1.29, 1.82) is 0 Å². The minimum absolute atomic E-state index is 0.0826. The smallest absolute Gasteiger partial charge is 0.232 e. The lowest BCUT2D eigenvalue weighted by Crippen LogP contribution is -2.40. The summed E-state index contributed by atoms with van der Waals surface area (Å²) in [6.45, 7) is 4.17. The molecule has 0 spiro atoms. The maximum atomic E-state index is 13.2. The Kier molecular flexibility index (Phi) is 4.69. The van der Waals surface area contributed by atoms with Crippen LogP contribution in [-0.2, 0) is 16.0 Å². The van der Waals surface area contributed by atoms with Gasteiger partial charge >= 0.3 is 0 Å². The molecule has 2 aromatic rings. The van der Waals surface area contributed by atoms with Crippen LogP contribution in [-0.4, -0.2) is 11.7 Å². The van der Waals surface area contributed by atoms with Gasteiger partial charge in [-0.2, -0.15) is 0 Å². The second kappa shape index (κ2) is 7.15. The molecule has 138 valence electrons. The number of Topliss-reactive ketones (excluding diaryl/α,β-unsaturated/α-hetero) is 1. The molecular weight excluding hydrogens is 334 g/mol. The topological polar surface area (TPSA) is 37.4 Å². The van der Waals surface area contributed by atoms with Gasteiger partial charge in [-0.15, -0.1) is 0 Å². The van der Waals surface area contributed by atoms with Crippen LogP contribution < -0.4 is 4.90 Å². The zero-order valence-corrected chi connectivity index (χ0v) is 16.0. The molecule has 2 aliphatic rings. The first-order valence-corrected chi connectivity index (χ1v) is 9.83. The molecule has 0 saturated carbocycles. The molecule has 1 atom stereocenters. The molecule has 1 amide bonds. The summed E-state index contributed by atoms with van der Waals surface area (Å²) in [5, 5.41) is 0. The van der Waals surface area contributed by atoms with Crippen LogP contribution in [0.2, 0.25) is 0 Å². The first kappa shape index (κ1) is 17.7. The number of rotatable bonds is 3. The highest BCUT2D eigenvalue weighted by molar-refractivity contribution is 6.07. The van der Waals surface area contributed by atoms with E-state index in [9.17, 15) is 9.59 Å². The Morgan fingerprint density at radius 3 is 2.52 bits per heavy atom. The number of hydrogen-bond donors (Lipinski definition) is 0. The van der Waals surface area contributed by atoms with Crippen molar-refractivity contribution in [2.75, 3.05) is 4.90 Å². The van der Waals surface area contributed by atoms with E-state index in [1.54, 1.807) is 4.90 Å². The number of carbonyl (C=O) groups excluding carboxylic acids is 2. The summed E-state index contributed by atoms with van der Waals surface area (Å²) >= 11 is 0. The molecule has 0 radical (unpaired) electrons. The quantitative estimate of drug-likeness (QED) is 0.766. The van der Waals surface area contributed by atoms with Gasteiger partial charge in [0.05, 0.1) is 0 Å². The number of benzene rings is 2. The third-order valence-electron chi connectivity index (χ3n) is 5.72. The van der Waals surface area contributed by atoms with Gasteiger partial charge in [0.25, 0.3) is 0 Å². The lowest BCUT2D eigenvalue weighted by atomic mass is 9.77. The van der Waals surface area contributed by atoms with Gasteiger partial charge in [0.2, 0.25) is 5.91 Å². The Balaban J connectivity index is 1.83. The molecule has 4 rings (SSSR count). The van der Waals surface area contributed by atoms with Crippen LogP contribution >= 0.6 is 0 Å². The van der Waals surface area contributed by atoms with Gasteiger partial charge in [0.15, 0.2) is 5.78 Å². The molecule has 0 fully saturated rings. The summed E-state index contributed by atoms with van der Waals surface area (Å²) < 4.78 is 0. The fourth-order valence-electron chi connectivity index (χ4n) is 4.34. The molecule has 0 aromatic heterocycles. The first-order valence-electron chi connectivity index (χ1n) is 9.83. The molecule has 0 saturated heterocycles. The summed E-state index contributed by atoms with van der Waals surface area (Å²) in [4.78, 5) is 27.8. The van der Waals surface area contributed by atoms with E-state index >= 15 is 0 Å². The monoisotopic (exact) mass is 359 g/mol. The highest BCUT2D eigenvalue weighted by Gasteiger charge is 2.39. The normalized spacial score (nSPS) is 20.1. The van der Waals surface area contributed by atoms with E-state index in [2.05, 4.69) is 25.1 Å². The van der Waals surface area contributed by atoms with Crippen LogP contribution in [0.4, 0.5) is 5.69 Å². The number of ketones is 1. The van der Waals surface area contributed by atoms with E-state index < -0.39 is 0 Å². The second-order valence-electron chi connectivity index (χ2n) is 7.56. The number of carbonyl (C=O) groups is 2. The zero-order chi connectivity index (χ0) is 19.0. The number of allylic oxidation sites excluding steroid dienone is 2. The predicted molar refractivity (Wildman–Crippen MR) is 108 cm³/mol. The Labute approximate surface area is 160 Å². The van der Waals surface area contributed by atoms with Gasteiger partial charge in [0.1, 0.15) is 0 Å². The van der Waals surface area contributed by atoms with E-state index in [4.69, 9.17) is 0 Å². The fraction of sp³-hybridized carbons (Fsp3) is 0.333. The third kappa shape index (κ3) is 3.23. The van der Waals surface area contributed by atoms with E-state index in [1.165, 1.54) is 5.56 Å². The molecule has 27 heavy (non-hydrogen) atoms. The van der Waals surface area contributed by atoms with Crippen LogP contribution in [0.1, 0.15) is 55.2 Å². The highest BCUT2D eigenvalue weighted by atomic mass is 16.2. The minimum Gasteiger partial charge on any atom is -0.294 e. The maximum Gasteiger partial charge on any atom is 0.232 e. The summed E-state index contributed by atoms with van der Waals surface area (Å²) in [6.07, 6.45) is 3.50. The largest absolute Gasteiger partial charge is 0.294 e. The van der Waals surface area contributed by atoms with Gasteiger partial charge in [-0.3, -0.25) is 14.5 Å². The van der Waals surface area contributed by atoms with Gasteiger partial charge in [-0.1, -0.05) is 48.9 Å². The molecule has 0 bridgehead atoms. The Hall–Kier alpha value is -2.68. The number of aryl methyl sites for hydroxylation is 2. The molecule has 3 nitrogen and oxygen atoms in total. The van der Waals surface area contributed by atoms with Crippen molar-refractivity contribution in [3.8, 4) is 0 Å². The average Bonchev–Trinajstić information content (AvgIpc) is 2.68. The van der Waals surface area contributed by atoms with E-state index in [-0.39, 0.29) is 17.6 Å². The number of anilines is 1. The third-order valence-corrected chi connectivity index (χ3v) is 5.72. The van der Waals surface area contributed by atoms with Gasteiger partial charge < -0.3 is 0 Å². The van der Waals surface area contributed by atoms with Crippen molar-refractivity contribution in [3.63, 3.8) is 0 Å². The molecule has 1 unspecified atom stereocenters. The van der Waals surface area contributed by atoms with E-state index in [0.717, 1.165) is 47.3 Å². The minimum atomic E-state index is -0.119. The standard InChI is InChI=1S/C24H25NO2/c1-3-17-10-12-19(13-11-17)25-21-8-5-9-22(26)24(21)20(15-23(25)27)18-7-4-6-16(2)14-18/h4,6-7,10-14,20H,3,5,8-9,15H2,1-2H3. The Morgan fingerprint density at radius 2 is 1.81 bits per heavy atom. The molecule has 2 aromatic carbocycles. The lowest BCUT2D eigenvalue weighted by molar-refractivity contribution is -0.119. The predicted octanol–water partition coefficient (Wildman–Crippen LogP) is 5.09. The van der Waals surface area contributed by atoms with Gasteiger partial charge in [-0.05, 0) is 49.4 Å². The first-order chi connectivity index (χ1) is 13.1. The van der Waals surface area contributed by atoms with Crippen molar-refractivity contribution in [3.05, 3.63) is 76.5 Å². The van der Waals surface area contributed by atoms with Crippen LogP contribution in [0.15, 0.2) is 59.8 Å². The van der Waals surface area contributed by atoms with E-state index in [1.807, 2.05) is 37.3 Å². The van der Waals surface area contributed by atoms with Crippen molar-refractivity contribution in [2.45, 2.75) is 51.9 Å². The summed E-state index contributed by atoms with van der Waals surface area (Å²) in [7, 11) is 0. The molecule has 1 heterocycles. The number of amides is 1. The van der Waals surface area contributed by atoms with Gasteiger partial charge in [0, 0.05) is 35.7 Å². The molecule has 3 heteroatoms. The Bertz CT molecular complexity index is 924. The molecule has 0 N–H and O–H groups in total. The number of nitrogens with zero attached hydrogens (tertiary/aromatic N) is 1. The summed E-state index contributed by atoms with van der Waals surface area (Å²) in [5.74, 6) is 0.163. The fourth-order valence-corrected chi connectivity index (χ4v) is 4.34. The highest BCUT2D eigenvalue weighted by Crippen LogP contribution is 2.43. The summed E-state index contributed by atoms with van der Waals surface area (Å²) in [6, 6.07) is 16.4. The van der Waals surface area contributed by atoms with Crippen LogP contribution in [0.25, 0.3) is 0 Å². The van der Waals surface area contributed by atoms with Crippen LogP contribution in [0.3, 0.4) is 0 Å². The van der Waals surface area contributed by atoms with Crippen LogP contribution in [0, 0.1) is 6.92 Å². The average molecular weight is 359 g/mol. The molecule has 1 aliphatic carbocycles. The van der Waals surface area contributed by atoms with Crippen LogP contribution in [0.5, 0.6) is 0 Å². The van der Waals surface area contributed by atoms with Crippen molar-refractivity contribution in [2.24, 2.45) is 0 Å². The molecular formula is C24H25NO2. The zero-order valence-electron chi connectivity index (χ0n) is 16.0. The van der Waals surface area contributed by atoms with Crippen molar-refractivity contribution < 1.29 is 9.59 Å². The summed E-state index contributed by atoms with van der Waals surface area (Å²) in [5.41, 5.74) is 6.12. The second-order valence-corrected chi connectivity index (χ2v) is 7.56. The SMILES string of the molecule is CCc1ccc(N2C(=O)CC(c3cccc(C)c3)C3=C2CCCC3=O)cc1. The Morgan fingerprint density at radius 1 is 1.04 bits per heavy atom. The lowest BCUT2D eigenvalue weighted by Gasteiger charge is -2.38. The molecule has 1 aliphatic heterocycles. The van der Waals surface area contributed by atoms with E-state index in [0.29, 0.717) is 12.8 Å². The van der Waals surface area contributed by atoms with Crippen molar-refractivity contribution in [1.82, 2.24) is 0 Å². The van der Waals surface area contributed by atoms with Gasteiger partial charge in [-0.25, -0.2) is 0 Å². The maximum absolute atomic E-state index is 13.2. The number of hydrogen-bond acceptors (Lipinski definition) is 2. The van der Waals surface area contributed by atoms with Crippen molar-refractivity contribution >= 4 is 17.4 Å².